The van der Waals surface area contributed by atoms with Gasteiger partial charge >= 0.3 is 6.03 Å². The Hall–Kier alpha value is -1.59. The van der Waals surface area contributed by atoms with E-state index in [1.807, 2.05) is 6.07 Å². The maximum absolute atomic E-state index is 11.9. The van der Waals surface area contributed by atoms with Crippen molar-refractivity contribution >= 4 is 6.03 Å². The van der Waals surface area contributed by atoms with Crippen molar-refractivity contribution in [3.63, 3.8) is 0 Å². The summed E-state index contributed by atoms with van der Waals surface area (Å²) in [6, 6.07) is 11.2. The Morgan fingerprint density at radius 3 is 2.76 bits per heavy atom. The zero-order valence-electron chi connectivity index (χ0n) is 15.7. The highest BCUT2D eigenvalue weighted by molar-refractivity contribution is 5.74. The lowest BCUT2D eigenvalue weighted by atomic mass is 10.2. The molecule has 1 unspecified atom stereocenters. The number of carbonyl (C=O) groups is 1. The number of ether oxygens (including phenoxy) is 1. The van der Waals surface area contributed by atoms with Gasteiger partial charge in [0.05, 0.1) is 6.61 Å². The maximum Gasteiger partial charge on any atom is 0.315 e. The van der Waals surface area contributed by atoms with E-state index in [4.69, 9.17) is 4.74 Å². The van der Waals surface area contributed by atoms with E-state index in [1.165, 1.54) is 5.56 Å². The second-order valence-electron chi connectivity index (χ2n) is 7.03. The van der Waals surface area contributed by atoms with Gasteiger partial charge in [0.1, 0.15) is 0 Å². The zero-order valence-corrected chi connectivity index (χ0v) is 15.7. The molecule has 25 heavy (non-hydrogen) atoms. The fourth-order valence-corrected chi connectivity index (χ4v) is 3.08. The summed E-state index contributed by atoms with van der Waals surface area (Å²) in [5, 5.41) is 6.02. The first-order valence-corrected chi connectivity index (χ1v) is 9.55. The highest BCUT2D eigenvalue weighted by atomic mass is 16.5. The highest BCUT2D eigenvalue weighted by Gasteiger charge is 2.24. The van der Waals surface area contributed by atoms with Gasteiger partial charge in [0, 0.05) is 38.3 Å². The van der Waals surface area contributed by atoms with E-state index in [2.05, 4.69) is 53.6 Å². The lowest BCUT2D eigenvalue weighted by Crippen LogP contribution is -2.44. The summed E-state index contributed by atoms with van der Waals surface area (Å²) in [4.78, 5) is 14.3. The van der Waals surface area contributed by atoms with Gasteiger partial charge < -0.3 is 15.4 Å². The van der Waals surface area contributed by atoms with Crippen molar-refractivity contribution in [3.8, 4) is 0 Å². The normalized spacial score (nSPS) is 17.8. The van der Waals surface area contributed by atoms with E-state index in [9.17, 15) is 4.79 Å². The summed E-state index contributed by atoms with van der Waals surface area (Å²) in [5.74, 6) is 0. The van der Waals surface area contributed by atoms with Crippen LogP contribution in [0.25, 0.3) is 0 Å². The topological polar surface area (TPSA) is 53.6 Å². The van der Waals surface area contributed by atoms with Crippen molar-refractivity contribution in [1.29, 1.82) is 0 Å². The second kappa shape index (κ2) is 11.1. The Morgan fingerprint density at radius 1 is 1.24 bits per heavy atom. The molecule has 1 aliphatic rings. The third kappa shape index (κ3) is 7.88. The molecule has 1 aromatic rings. The predicted molar refractivity (Wildman–Crippen MR) is 102 cm³/mol. The van der Waals surface area contributed by atoms with E-state index < -0.39 is 0 Å². The number of unbranched alkanes of at least 4 members (excludes halogenated alkanes) is 1. The zero-order chi connectivity index (χ0) is 17.9. The average molecular weight is 348 g/mol. The van der Waals surface area contributed by atoms with E-state index >= 15 is 0 Å². The lowest BCUT2D eigenvalue weighted by molar-refractivity contribution is 0.133. The van der Waals surface area contributed by atoms with Crippen molar-refractivity contribution in [2.75, 3.05) is 32.8 Å². The van der Waals surface area contributed by atoms with E-state index in [1.54, 1.807) is 0 Å². The Bertz CT molecular complexity index is 493. The van der Waals surface area contributed by atoms with Crippen LogP contribution in [0.5, 0.6) is 0 Å². The van der Waals surface area contributed by atoms with Crippen molar-refractivity contribution < 1.29 is 9.53 Å². The van der Waals surface area contributed by atoms with Crippen LogP contribution in [-0.2, 0) is 11.2 Å². The first-order chi connectivity index (χ1) is 12.1. The van der Waals surface area contributed by atoms with Crippen LogP contribution in [0.15, 0.2) is 30.3 Å². The molecule has 0 radical (unpaired) electrons. The largest absolute Gasteiger partial charge is 0.381 e. The average Bonchev–Trinajstić information content (AvgIpc) is 3.07. The van der Waals surface area contributed by atoms with Gasteiger partial charge in [0.15, 0.2) is 0 Å². The van der Waals surface area contributed by atoms with Crippen LogP contribution in [0.1, 0.15) is 38.7 Å². The van der Waals surface area contributed by atoms with Crippen LogP contribution >= 0.6 is 0 Å². The van der Waals surface area contributed by atoms with Crippen molar-refractivity contribution in [3.05, 3.63) is 35.9 Å². The molecule has 1 heterocycles. The highest BCUT2D eigenvalue weighted by Crippen LogP contribution is 2.11. The van der Waals surface area contributed by atoms with Gasteiger partial charge in [-0.2, -0.15) is 0 Å². The molecule has 1 atom stereocenters. The van der Waals surface area contributed by atoms with Crippen molar-refractivity contribution in [2.24, 2.45) is 0 Å². The predicted octanol–water partition coefficient (Wildman–Crippen LogP) is 2.81. The van der Waals surface area contributed by atoms with Gasteiger partial charge in [-0.15, -0.1) is 0 Å². The minimum atomic E-state index is -0.0411. The minimum Gasteiger partial charge on any atom is -0.381 e. The summed E-state index contributed by atoms with van der Waals surface area (Å²) in [6.07, 6.45) is 3.91. The molecule has 1 aliphatic heterocycles. The molecule has 2 rings (SSSR count). The van der Waals surface area contributed by atoms with Crippen LogP contribution in [0.2, 0.25) is 0 Å². The molecule has 140 valence electrons. The second-order valence-corrected chi connectivity index (χ2v) is 7.03. The molecule has 5 heteroatoms. The van der Waals surface area contributed by atoms with Gasteiger partial charge in [0.25, 0.3) is 0 Å². The van der Waals surface area contributed by atoms with Gasteiger partial charge in [0.2, 0.25) is 0 Å². The first-order valence-electron chi connectivity index (χ1n) is 9.55. The number of nitrogens with zero attached hydrogens (tertiary/aromatic N) is 1. The molecule has 0 aliphatic carbocycles. The molecule has 0 aromatic heterocycles. The number of hydrogen-bond acceptors (Lipinski definition) is 3. The van der Waals surface area contributed by atoms with E-state index in [0.717, 1.165) is 52.0 Å². The quantitative estimate of drug-likeness (QED) is 0.640. The summed E-state index contributed by atoms with van der Waals surface area (Å²) < 4.78 is 5.65. The standard InChI is InChI=1S/C20H33N3O2/c1-17(2)23-13-10-19(16-23)22-20(24)21-12-6-7-14-25-15-11-18-8-4-3-5-9-18/h3-5,8-9,17,19H,6-7,10-16H2,1-2H3,(H2,21,22,24). The number of carbonyl (C=O) groups excluding carboxylic acids is 1. The summed E-state index contributed by atoms with van der Waals surface area (Å²) >= 11 is 0. The Labute approximate surface area is 152 Å². The SMILES string of the molecule is CC(C)N1CCC(NC(=O)NCCCCOCCc2ccccc2)C1. The van der Waals surface area contributed by atoms with Crippen LogP contribution in [0.3, 0.4) is 0 Å². The maximum atomic E-state index is 11.9. The summed E-state index contributed by atoms with van der Waals surface area (Å²) in [5.41, 5.74) is 1.31. The molecule has 2 amide bonds. The van der Waals surface area contributed by atoms with Crippen molar-refractivity contribution in [1.82, 2.24) is 15.5 Å². The summed E-state index contributed by atoms with van der Waals surface area (Å²) in [6.45, 7) is 8.64. The monoisotopic (exact) mass is 347 g/mol. The Kier molecular flexibility index (Phi) is 8.77. The number of nitrogens with one attached hydrogen (secondary N) is 2. The van der Waals surface area contributed by atoms with Gasteiger partial charge in [-0.25, -0.2) is 4.79 Å². The summed E-state index contributed by atoms with van der Waals surface area (Å²) in [7, 11) is 0. The number of urea groups is 1. The molecule has 0 bridgehead atoms. The minimum absolute atomic E-state index is 0.0411. The lowest BCUT2D eigenvalue weighted by Gasteiger charge is -2.20. The van der Waals surface area contributed by atoms with Crippen LogP contribution in [0.4, 0.5) is 4.79 Å². The third-order valence-corrected chi connectivity index (χ3v) is 4.66. The molecule has 1 aromatic carbocycles. The Morgan fingerprint density at radius 2 is 2.04 bits per heavy atom. The van der Waals surface area contributed by atoms with Crippen LogP contribution in [0, 0.1) is 0 Å². The molecule has 2 N–H and O–H groups in total. The van der Waals surface area contributed by atoms with Crippen molar-refractivity contribution in [2.45, 2.75) is 51.6 Å². The molecule has 1 fully saturated rings. The molecule has 1 saturated heterocycles. The number of benzene rings is 1. The fraction of sp³-hybridized carbons (Fsp3) is 0.650. The van der Waals surface area contributed by atoms with Gasteiger partial charge in [-0.3, -0.25) is 4.90 Å². The molecular formula is C20H33N3O2. The fourth-order valence-electron chi connectivity index (χ4n) is 3.08. The van der Waals surface area contributed by atoms with E-state index in [-0.39, 0.29) is 12.1 Å². The first kappa shape index (κ1) is 19.7. The number of hydrogen-bond donors (Lipinski definition) is 2. The van der Waals surface area contributed by atoms with E-state index in [0.29, 0.717) is 12.6 Å². The number of likely N-dealkylation sites (tertiary alicyclic amines) is 1. The molecule has 0 saturated carbocycles. The molecular weight excluding hydrogens is 314 g/mol. The van der Waals surface area contributed by atoms with Gasteiger partial charge in [-0.05, 0) is 45.1 Å². The Balaban J connectivity index is 1.42. The number of rotatable bonds is 10. The van der Waals surface area contributed by atoms with Gasteiger partial charge in [-0.1, -0.05) is 30.3 Å². The van der Waals surface area contributed by atoms with Crippen LogP contribution in [-0.4, -0.2) is 55.9 Å². The number of amides is 2. The van der Waals surface area contributed by atoms with Crippen LogP contribution < -0.4 is 10.6 Å². The smallest absolute Gasteiger partial charge is 0.315 e. The molecule has 5 nitrogen and oxygen atoms in total. The molecule has 0 spiro atoms. The third-order valence-electron chi connectivity index (χ3n) is 4.66.